The fraction of sp³-hybridized carbons (Fsp3) is 0.625. The Balaban J connectivity index is 2.84. The molecule has 22 heavy (non-hydrogen) atoms. The van der Waals surface area contributed by atoms with Crippen molar-refractivity contribution in [2.24, 2.45) is 0 Å². The van der Waals surface area contributed by atoms with Gasteiger partial charge in [-0.1, -0.05) is 24.3 Å². The van der Waals surface area contributed by atoms with Gasteiger partial charge in [0.25, 0.3) is 0 Å². The fourth-order valence-corrected chi connectivity index (χ4v) is 4.06. The second-order valence-corrected chi connectivity index (χ2v) is 6.87. The first-order valence-corrected chi connectivity index (χ1v) is 9.31. The molecule has 0 heterocycles. The molecule has 0 bridgehead atoms. The van der Waals surface area contributed by atoms with Gasteiger partial charge >= 0.3 is 7.60 Å². The van der Waals surface area contributed by atoms with Crippen molar-refractivity contribution in [3.63, 3.8) is 0 Å². The van der Waals surface area contributed by atoms with Crippen molar-refractivity contribution < 1.29 is 23.1 Å². The molecule has 0 fully saturated rings. The molecule has 0 aliphatic carbocycles. The van der Waals surface area contributed by atoms with Gasteiger partial charge in [-0.05, 0) is 31.4 Å². The lowest BCUT2D eigenvalue weighted by Crippen LogP contribution is -2.14. The molecule has 5 nitrogen and oxygen atoms in total. The van der Waals surface area contributed by atoms with Crippen molar-refractivity contribution in [2.45, 2.75) is 39.1 Å². The van der Waals surface area contributed by atoms with E-state index < -0.39 is 7.60 Å². The van der Waals surface area contributed by atoms with Gasteiger partial charge in [-0.2, -0.15) is 0 Å². The Bertz CT molecular complexity index is 463. The maximum absolute atomic E-state index is 12.7. The van der Waals surface area contributed by atoms with E-state index in [0.29, 0.717) is 13.2 Å². The Kier molecular flexibility index (Phi) is 8.91. The van der Waals surface area contributed by atoms with Gasteiger partial charge in [-0.3, -0.25) is 4.57 Å². The van der Waals surface area contributed by atoms with E-state index in [4.69, 9.17) is 18.5 Å². The molecule has 0 saturated heterocycles. The summed E-state index contributed by atoms with van der Waals surface area (Å²) in [5.41, 5.74) is 2.10. The van der Waals surface area contributed by atoms with E-state index in [1.165, 1.54) is 0 Å². The number of hydrogen-bond acceptors (Lipinski definition) is 5. The minimum atomic E-state index is -3.09. The van der Waals surface area contributed by atoms with Crippen LogP contribution in [0, 0.1) is 0 Å². The molecule has 0 saturated carbocycles. The number of ether oxygens (including phenoxy) is 2. The summed E-state index contributed by atoms with van der Waals surface area (Å²) in [5, 5.41) is 0. The molecule has 1 rings (SSSR count). The third kappa shape index (κ3) is 6.19. The van der Waals surface area contributed by atoms with E-state index >= 15 is 0 Å². The molecule has 0 amide bonds. The third-order valence-corrected chi connectivity index (χ3v) is 5.34. The van der Waals surface area contributed by atoms with E-state index in [1.807, 2.05) is 38.1 Å². The average molecular weight is 330 g/mol. The third-order valence-electron chi connectivity index (χ3n) is 3.31. The van der Waals surface area contributed by atoms with Gasteiger partial charge in [0.05, 0.1) is 19.4 Å². The van der Waals surface area contributed by atoms with Crippen LogP contribution in [0.2, 0.25) is 0 Å². The molecule has 0 atom stereocenters. The zero-order valence-electron chi connectivity index (χ0n) is 13.9. The first kappa shape index (κ1) is 19.3. The van der Waals surface area contributed by atoms with E-state index in [1.54, 1.807) is 14.2 Å². The Morgan fingerprint density at radius 1 is 1.00 bits per heavy atom. The first-order valence-electron chi connectivity index (χ1n) is 7.59. The van der Waals surface area contributed by atoms with Crippen LogP contribution in [0.1, 0.15) is 31.4 Å². The number of benzene rings is 1. The Morgan fingerprint density at radius 3 is 2.05 bits per heavy atom. The minimum Gasteiger partial charge on any atom is -0.356 e. The quantitative estimate of drug-likeness (QED) is 0.453. The van der Waals surface area contributed by atoms with Crippen LogP contribution in [0.5, 0.6) is 0 Å². The summed E-state index contributed by atoms with van der Waals surface area (Å²) in [4.78, 5) is 0. The van der Waals surface area contributed by atoms with E-state index in [-0.39, 0.29) is 12.5 Å². The Morgan fingerprint density at radius 2 is 1.55 bits per heavy atom. The van der Waals surface area contributed by atoms with Crippen LogP contribution in [0.15, 0.2) is 24.3 Å². The number of rotatable bonds is 11. The SMILES string of the molecule is CCOP(=O)(Cc1ccccc1CCC(OC)OC)OCC. The molecule has 0 aliphatic heterocycles. The predicted octanol–water partition coefficient (Wildman–Crippen LogP) is 4.00. The largest absolute Gasteiger partial charge is 0.356 e. The second kappa shape index (κ2) is 10.1. The normalized spacial score (nSPS) is 12.0. The molecule has 0 aromatic heterocycles. The van der Waals surface area contributed by atoms with Crippen LogP contribution in [-0.2, 0) is 35.7 Å². The van der Waals surface area contributed by atoms with Crippen LogP contribution in [-0.4, -0.2) is 33.7 Å². The van der Waals surface area contributed by atoms with Crippen LogP contribution in [0.3, 0.4) is 0 Å². The summed E-state index contributed by atoms with van der Waals surface area (Å²) in [6.45, 7) is 4.38. The van der Waals surface area contributed by atoms with E-state index in [2.05, 4.69) is 0 Å². The Labute approximate surface area is 133 Å². The fourth-order valence-electron chi connectivity index (χ4n) is 2.29. The molecule has 0 aliphatic rings. The standard InChI is InChI=1S/C16H27O5P/c1-5-20-22(17,21-6-2)13-15-10-8-7-9-14(15)11-12-16(18-3)19-4/h7-10,16H,5-6,11-13H2,1-4H3. The molecule has 1 aromatic rings. The average Bonchev–Trinajstić information content (AvgIpc) is 2.50. The summed E-state index contributed by atoms with van der Waals surface area (Å²) < 4.78 is 33.9. The van der Waals surface area contributed by atoms with Crippen molar-refractivity contribution >= 4 is 7.60 Å². The van der Waals surface area contributed by atoms with E-state index in [0.717, 1.165) is 24.0 Å². The maximum Gasteiger partial charge on any atom is 0.335 e. The predicted molar refractivity (Wildman–Crippen MR) is 87.1 cm³/mol. The summed E-state index contributed by atoms with van der Waals surface area (Å²) in [5.74, 6) is 0. The van der Waals surface area contributed by atoms with Gasteiger partial charge in [0.15, 0.2) is 6.29 Å². The lowest BCUT2D eigenvalue weighted by Gasteiger charge is -2.19. The van der Waals surface area contributed by atoms with Gasteiger partial charge < -0.3 is 18.5 Å². The highest BCUT2D eigenvalue weighted by atomic mass is 31.2. The zero-order chi connectivity index (χ0) is 16.4. The number of methoxy groups -OCH3 is 2. The molecule has 0 spiro atoms. The highest BCUT2D eigenvalue weighted by Crippen LogP contribution is 2.51. The topological polar surface area (TPSA) is 54.0 Å². The highest BCUT2D eigenvalue weighted by molar-refractivity contribution is 7.53. The van der Waals surface area contributed by atoms with Crippen LogP contribution < -0.4 is 0 Å². The zero-order valence-corrected chi connectivity index (χ0v) is 14.8. The highest BCUT2D eigenvalue weighted by Gasteiger charge is 2.25. The summed E-state index contributed by atoms with van der Waals surface area (Å²) >= 11 is 0. The monoisotopic (exact) mass is 330 g/mol. The van der Waals surface area contributed by atoms with Crippen LogP contribution >= 0.6 is 7.60 Å². The lowest BCUT2D eigenvalue weighted by atomic mass is 10.0. The van der Waals surface area contributed by atoms with Gasteiger partial charge in [0.2, 0.25) is 0 Å². The van der Waals surface area contributed by atoms with Gasteiger partial charge in [-0.25, -0.2) is 0 Å². The summed E-state index contributed by atoms with van der Waals surface area (Å²) in [6, 6.07) is 7.90. The van der Waals surface area contributed by atoms with Crippen molar-refractivity contribution in [3.05, 3.63) is 35.4 Å². The van der Waals surface area contributed by atoms with Gasteiger partial charge in [-0.15, -0.1) is 0 Å². The molecular weight excluding hydrogens is 303 g/mol. The summed E-state index contributed by atoms with van der Waals surface area (Å²) in [7, 11) is 0.155. The molecule has 6 heteroatoms. The van der Waals surface area contributed by atoms with Crippen LogP contribution in [0.25, 0.3) is 0 Å². The number of hydrogen-bond donors (Lipinski definition) is 0. The molecule has 1 aromatic carbocycles. The smallest absolute Gasteiger partial charge is 0.335 e. The molecule has 0 radical (unpaired) electrons. The van der Waals surface area contributed by atoms with Crippen molar-refractivity contribution in [1.29, 1.82) is 0 Å². The second-order valence-electron chi connectivity index (χ2n) is 4.81. The Hall–Kier alpha value is -0.710. The molecule has 0 unspecified atom stereocenters. The van der Waals surface area contributed by atoms with Crippen molar-refractivity contribution in [3.8, 4) is 0 Å². The van der Waals surface area contributed by atoms with Crippen LogP contribution in [0.4, 0.5) is 0 Å². The van der Waals surface area contributed by atoms with Gasteiger partial charge in [0, 0.05) is 20.6 Å². The van der Waals surface area contributed by atoms with Gasteiger partial charge in [0.1, 0.15) is 0 Å². The maximum atomic E-state index is 12.7. The minimum absolute atomic E-state index is 0.237. The first-order chi connectivity index (χ1) is 10.6. The number of aryl methyl sites for hydroxylation is 1. The molecule has 0 N–H and O–H groups in total. The molecule has 126 valence electrons. The summed E-state index contributed by atoms with van der Waals surface area (Å²) in [6.07, 6.45) is 1.56. The van der Waals surface area contributed by atoms with Crippen molar-refractivity contribution in [1.82, 2.24) is 0 Å². The lowest BCUT2D eigenvalue weighted by molar-refractivity contribution is -0.105. The van der Waals surface area contributed by atoms with Crippen molar-refractivity contribution in [2.75, 3.05) is 27.4 Å². The van der Waals surface area contributed by atoms with E-state index in [9.17, 15) is 4.57 Å². The molecular formula is C16H27O5P.